The number of rotatable bonds is 4. The molecule has 0 saturated heterocycles. The zero-order valence-electron chi connectivity index (χ0n) is 11.3. The summed E-state index contributed by atoms with van der Waals surface area (Å²) in [6.07, 6.45) is 8.49. The first-order valence-corrected chi connectivity index (χ1v) is 7.21. The summed E-state index contributed by atoms with van der Waals surface area (Å²) in [6.45, 7) is 0. The molecule has 0 aliphatic carbocycles. The van der Waals surface area contributed by atoms with Crippen LogP contribution in [0.5, 0.6) is 5.75 Å². The van der Waals surface area contributed by atoms with Crippen LogP contribution in [0.2, 0.25) is 0 Å². The second kappa shape index (κ2) is 5.85. The topological polar surface area (TPSA) is 63.7 Å². The van der Waals surface area contributed by atoms with Crippen LogP contribution in [0.4, 0.5) is 0 Å². The Morgan fingerprint density at radius 2 is 2.33 bits per heavy atom. The molecule has 3 aromatic rings. The summed E-state index contributed by atoms with van der Waals surface area (Å²) in [4.78, 5) is 16.8. The Labute approximate surface area is 126 Å². The van der Waals surface area contributed by atoms with Crippen molar-refractivity contribution in [1.82, 2.24) is 19.9 Å². The average Bonchev–Trinajstić information content (AvgIpc) is 2.96. The van der Waals surface area contributed by atoms with Crippen LogP contribution in [-0.2, 0) is 0 Å². The summed E-state index contributed by atoms with van der Waals surface area (Å²) < 4.78 is 5.54. The highest BCUT2D eigenvalue weighted by Gasteiger charge is 2.14. The monoisotopic (exact) mass is 296 g/mol. The molecule has 0 spiro atoms. The molecule has 1 N–H and O–H groups in total. The molecule has 0 amide bonds. The Morgan fingerprint density at radius 1 is 1.43 bits per heavy atom. The number of H-pyrrole nitrogens is 1. The molecule has 0 fully saturated rings. The molecule has 0 bridgehead atoms. The lowest BCUT2D eigenvalue weighted by atomic mass is 10.2. The zero-order chi connectivity index (χ0) is 14.7. The predicted octanol–water partition coefficient (Wildman–Crippen LogP) is 2.75. The van der Waals surface area contributed by atoms with E-state index in [9.17, 15) is 0 Å². The minimum absolute atomic E-state index is 0.589. The number of hydrogen-bond acceptors (Lipinski definition) is 5. The van der Waals surface area contributed by atoms with Gasteiger partial charge in [0.25, 0.3) is 0 Å². The van der Waals surface area contributed by atoms with E-state index in [1.165, 1.54) is 6.33 Å². The molecule has 2 heterocycles. The molecule has 0 unspecified atom stereocenters. The number of terminal acetylenes is 1. The predicted molar refractivity (Wildman–Crippen MR) is 83.2 cm³/mol. The van der Waals surface area contributed by atoms with E-state index < -0.39 is 0 Å². The Morgan fingerprint density at radius 3 is 3.10 bits per heavy atom. The zero-order valence-corrected chi connectivity index (χ0v) is 12.1. The summed E-state index contributed by atoms with van der Waals surface area (Å²) in [7, 11) is 1.64. The Hall–Kier alpha value is -2.52. The molecule has 0 aliphatic heterocycles. The van der Waals surface area contributed by atoms with Gasteiger partial charge in [-0.15, -0.1) is 18.2 Å². The number of nitrogens with zero attached hydrogens (tertiary/aromatic N) is 3. The molecule has 104 valence electrons. The molecular formula is C15H12N4OS. The number of benzene rings is 1. The minimum atomic E-state index is 0.589. The molecule has 0 atom stereocenters. The van der Waals surface area contributed by atoms with Gasteiger partial charge in [0, 0.05) is 0 Å². The van der Waals surface area contributed by atoms with E-state index in [2.05, 4.69) is 25.9 Å². The quantitative estimate of drug-likeness (QED) is 0.592. The molecule has 0 radical (unpaired) electrons. The third-order valence-electron chi connectivity index (χ3n) is 2.91. The maximum absolute atomic E-state index is 5.54. The molecule has 21 heavy (non-hydrogen) atoms. The summed E-state index contributed by atoms with van der Waals surface area (Å²) >= 11 is 1.56. The van der Waals surface area contributed by atoms with Crippen molar-refractivity contribution in [3.8, 4) is 29.5 Å². The third-order valence-corrected chi connectivity index (χ3v) is 3.85. The van der Waals surface area contributed by atoms with Gasteiger partial charge in [0.1, 0.15) is 23.4 Å². The van der Waals surface area contributed by atoms with E-state index in [0.717, 1.165) is 21.7 Å². The van der Waals surface area contributed by atoms with Gasteiger partial charge in [-0.2, -0.15) is 0 Å². The number of fused-ring (bicyclic) bond motifs is 1. The van der Waals surface area contributed by atoms with Gasteiger partial charge in [0.2, 0.25) is 0 Å². The van der Waals surface area contributed by atoms with Crippen molar-refractivity contribution in [2.45, 2.75) is 4.90 Å². The fraction of sp³-hybridized carbons (Fsp3) is 0.133. The first kappa shape index (κ1) is 13.5. The number of para-hydroxylation sites is 1. The molecule has 3 rings (SSSR count). The van der Waals surface area contributed by atoms with Gasteiger partial charge in [-0.25, -0.2) is 15.0 Å². The molecule has 6 heteroatoms. The van der Waals surface area contributed by atoms with Crippen LogP contribution < -0.4 is 4.74 Å². The fourth-order valence-electron chi connectivity index (χ4n) is 2.04. The molecule has 0 saturated carbocycles. The maximum atomic E-state index is 5.54. The largest absolute Gasteiger partial charge is 0.495 e. The standard InChI is InChI=1S/C15H12N4OS/c1-3-7-21-12-6-4-5-10(13(12)20-2)14-18-11-8-16-9-17-15(11)19-14/h1,4-6,8-9H,7H2,2H3,(H,16,17,18,19). The van der Waals surface area contributed by atoms with E-state index in [0.29, 0.717) is 17.2 Å². The number of ether oxygens (including phenoxy) is 1. The first-order chi connectivity index (χ1) is 10.3. The van der Waals surface area contributed by atoms with E-state index in [-0.39, 0.29) is 0 Å². The van der Waals surface area contributed by atoms with Crippen LogP contribution >= 0.6 is 11.8 Å². The lowest BCUT2D eigenvalue weighted by Gasteiger charge is -2.10. The normalized spacial score (nSPS) is 10.5. The van der Waals surface area contributed by atoms with E-state index >= 15 is 0 Å². The van der Waals surface area contributed by atoms with Crippen molar-refractivity contribution in [3.05, 3.63) is 30.7 Å². The van der Waals surface area contributed by atoms with Gasteiger partial charge in [-0.05, 0) is 12.1 Å². The second-order valence-electron chi connectivity index (χ2n) is 4.18. The maximum Gasteiger partial charge on any atom is 0.181 e. The SMILES string of the molecule is C#CCSc1cccc(-c2nc3ncncc3[nH]2)c1OC. The van der Waals surface area contributed by atoms with Crippen LogP contribution in [0, 0.1) is 12.3 Å². The van der Waals surface area contributed by atoms with Gasteiger partial charge < -0.3 is 9.72 Å². The first-order valence-electron chi connectivity index (χ1n) is 6.23. The highest BCUT2D eigenvalue weighted by atomic mass is 32.2. The van der Waals surface area contributed by atoms with Crippen molar-refractivity contribution < 1.29 is 4.74 Å². The summed E-state index contributed by atoms with van der Waals surface area (Å²) in [5.74, 6) is 4.66. The second-order valence-corrected chi connectivity index (χ2v) is 5.19. The summed E-state index contributed by atoms with van der Waals surface area (Å²) in [6, 6.07) is 5.88. The lowest BCUT2D eigenvalue weighted by molar-refractivity contribution is 0.406. The average molecular weight is 296 g/mol. The molecule has 2 aromatic heterocycles. The van der Waals surface area contributed by atoms with Gasteiger partial charge in [0.05, 0.1) is 29.5 Å². The van der Waals surface area contributed by atoms with Crippen LogP contribution in [-0.4, -0.2) is 32.8 Å². The van der Waals surface area contributed by atoms with Gasteiger partial charge >= 0.3 is 0 Å². The van der Waals surface area contributed by atoms with Crippen LogP contribution in [0.15, 0.2) is 35.6 Å². The van der Waals surface area contributed by atoms with Gasteiger partial charge in [0.15, 0.2) is 5.65 Å². The highest BCUT2D eigenvalue weighted by Crippen LogP contribution is 2.37. The van der Waals surface area contributed by atoms with E-state index in [4.69, 9.17) is 11.2 Å². The van der Waals surface area contributed by atoms with Crippen molar-refractivity contribution in [1.29, 1.82) is 0 Å². The molecule has 5 nitrogen and oxygen atoms in total. The van der Waals surface area contributed by atoms with Crippen molar-refractivity contribution >= 4 is 22.9 Å². The number of methoxy groups -OCH3 is 1. The molecule has 0 aliphatic rings. The van der Waals surface area contributed by atoms with Crippen LogP contribution in [0.3, 0.4) is 0 Å². The Bertz CT molecular complexity index is 789. The number of thioether (sulfide) groups is 1. The minimum Gasteiger partial charge on any atom is -0.495 e. The van der Waals surface area contributed by atoms with Gasteiger partial charge in [-0.3, -0.25) is 0 Å². The fourth-order valence-corrected chi connectivity index (χ4v) is 2.77. The smallest absolute Gasteiger partial charge is 0.181 e. The van der Waals surface area contributed by atoms with Crippen molar-refractivity contribution in [3.63, 3.8) is 0 Å². The van der Waals surface area contributed by atoms with Crippen molar-refractivity contribution in [2.24, 2.45) is 0 Å². The molecular weight excluding hydrogens is 284 g/mol. The van der Waals surface area contributed by atoms with E-state index in [1.807, 2.05) is 18.2 Å². The summed E-state index contributed by atoms with van der Waals surface area (Å²) in [5.41, 5.74) is 2.29. The third kappa shape index (κ3) is 2.56. The number of aromatic nitrogens is 4. The summed E-state index contributed by atoms with van der Waals surface area (Å²) in [5, 5.41) is 0. The van der Waals surface area contributed by atoms with Gasteiger partial charge in [-0.1, -0.05) is 12.0 Å². The number of nitrogens with one attached hydrogen (secondary N) is 1. The van der Waals surface area contributed by atoms with Crippen LogP contribution in [0.25, 0.3) is 22.6 Å². The number of hydrogen-bond donors (Lipinski definition) is 1. The highest BCUT2D eigenvalue weighted by molar-refractivity contribution is 7.99. The molecule has 1 aromatic carbocycles. The van der Waals surface area contributed by atoms with E-state index in [1.54, 1.807) is 25.1 Å². The Kier molecular flexibility index (Phi) is 3.75. The number of imidazole rings is 1. The number of aromatic amines is 1. The van der Waals surface area contributed by atoms with Crippen LogP contribution in [0.1, 0.15) is 0 Å². The lowest BCUT2D eigenvalue weighted by Crippen LogP contribution is -1.92. The Balaban J connectivity index is 2.10. The van der Waals surface area contributed by atoms with Crippen molar-refractivity contribution in [2.75, 3.05) is 12.9 Å².